The zero-order chi connectivity index (χ0) is 20.4. The summed E-state index contributed by atoms with van der Waals surface area (Å²) in [6, 6.07) is 0. The van der Waals surface area contributed by atoms with E-state index < -0.39 is 5.97 Å². The number of rotatable bonds is 20. The lowest BCUT2D eigenvalue weighted by atomic mass is 10.0. The van der Waals surface area contributed by atoms with Crippen LogP contribution in [0.1, 0.15) is 129 Å². The highest BCUT2D eigenvalue weighted by molar-refractivity contribution is 5.66. The second-order valence-electron chi connectivity index (χ2n) is 7.73. The van der Waals surface area contributed by atoms with E-state index >= 15 is 0 Å². The fraction of sp³-hybridized carbons (Fsp3) is 0.957. The smallest absolute Gasteiger partial charge is 0.303 e. The van der Waals surface area contributed by atoms with E-state index in [9.17, 15) is 4.79 Å². The first-order valence-corrected chi connectivity index (χ1v) is 11.8. The van der Waals surface area contributed by atoms with Gasteiger partial charge in [-0.25, -0.2) is 0 Å². The molecule has 0 atom stereocenters. The molecule has 0 saturated carbocycles. The lowest BCUT2D eigenvalue weighted by Crippen LogP contribution is -2.02. The standard InChI is InChI=1S/C18H36O2.C5H14N2/c1-2-3-4-5-6-7-8-9-10-11-12-13-14-15-16-17-18(19)20;6-4-2-1-3-5-7/h2-17H2,1H3,(H,19,20);1-7H2. The second-order valence-corrected chi connectivity index (χ2v) is 7.73. The number of nitrogens with two attached hydrogens (primary N) is 2. The van der Waals surface area contributed by atoms with Gasteiger partial charge in [-0.15, -0.1) is 0 Å². The highest BCUT2D eigenvalue weighted by Crippen LogP contribution is 2.13. The number of carboxylic acid groups (broad SMARTS) is 1. The number of hydrogen-bond acceptors (Lipinski definition) is 3. The monoisotopic (exact) mass is 386 g/mol. The Morgan fingerprint density at radius 2 is 0.852 bits per heavy atom. The van der Waals surface area contributed by atoms with Crippen LogP contribution in [-0.2, 0) is 4.79 Å². The van der Waals surface area contributed by atoms with Crippen molar-refractivity contribution in [2.75, 3.05) is 13.1 Å². The normalized spacial score (nSPS) is 10.5. The minimum atomic E-state index is -0.653. The minimum absolute atomic E-state index is 0.345. The Bertz CT molecular complexity index is 269. The van der Waals surface area contributed by atoms with Crippen molar-refractivity contribution in [2.45, 2.75) is 129 Å². The van der Waals surface area contributed by atoms with Crippen LogP contribution in [0.5, 0.6) is 0 Å². The third kappa shape index (κ3) is 33.4. The molecular weight excluding hydrogens is 336 g/mol. The Kier molecular flexibility index (Phi) is 29.2. The molecule has 0 aliphatic carbocycles. The molecule has 4 heteroatoms. The lowest BCUT2D eigenvalue weighted by molar-refractivity contribution is -0.137. The van der Waals surface area contributed by atoms with Gasteiger partial charge in [-0.3, -0.25) is 4.79 Å². The second kappa shape index (κ2) is 27.6. The van der Waals surface area contributed by atoms with Gasteiger partial charge < -0.3 is 16.6 Å². The fourth-order valence-corrected chi connectivity index (χ4v) is 3.11. The summed E-state index contributed by atoms with van der Waals surface area (Å²) in [7, 11) is 0. The third-order valence-electron chi connectivity index (χ3n) is 4.90. The zero-order valence-corrected chi connectivity index (χ0v) is 18.4. The van der Waals surface area contributed by atoms with Gasteiger partial charge >= 0.3 is 5.97 Å². The van der Waals surface area contributed by atoms with Crippen LogP contribution in [-0.4, -0.2) is 24.2 Å². The van der Waals surface area contributed by atoms with Crippen LogP contribution in [0.25, 0.3) is 0 Å². The van der Waals surface area contributed by atoms with Gasteiger partial charge in [-0.1, -0.05) is 103 Å². The van der Waals surface area contributed by atoms with Gasteiger partial charge in [0.2, 0.25) is 0 Å². The van der Waals surface area contributed by atoms with E-state index in [-0.39, 0.29) is 0 Å². The molecule has 0 saturated heterocycles. The lowest BCUT2D eigenvalue weighted by Gasteiger charge is -2.03. The quantitative estimate of drug-likeness (QED) is 0.211. The Balaban J connectivity index is 0. The van der Waals surface area contributed by atoms with E-state index in [1.54, 1.807) is 0 Å². The molecule has 0 bridgehead atoms. The molecule has 5 N–H and O–H groups in total. The summed E-state index contributed by atoms with van der Waals surface area (Å²) >= 11 is 0. The molecule has 0 spiro atoms. The van der Waals surface area contributed by atoms with Crippen LogP contribution in [0.15, 0.2) is 0 Å². The van der Waals surface area contributed by atoms with Crippen molar-refractivity contribution in [1.29, 1.82) is 0 Å². The molecule has 0 aromatic carbocycles. The molecule has 0 fully saturated rings. The topological polar surface area (TPSA) is 89.3 Å². The third-order valence-corrected chi connectivity index (χ3v) is 4.90. The number of aliphatic carboxylic acids is 1. The maximum Gasteiger partial charge on any atom is 0.303 e. The van der Waals surface area contributed by atoms with Crippen molar-refractivity contribution in [3.05, 3.63) is 0 Å². The minimum Gasteiger partial charge on any atom is -0.481 e. The van der Waals surface area contributed by atoms with Crippen molar-refractivity contribution in [3.8, 4) is 0 Å². The molecule has 0 radical (unpaired) electrons. The zero-order valence-electron chi connectivity index (χ0n) is 18.4. The largest absolute Gasteiger partial charge is 0.481 e. The summed E-state index contributed by atoms with van der Waals surface area (Å²) in [5.74, 6) is -0.653. The molecule has 0 amide bonds. The van der Waals surface area contributed by atoms with Crippen LogP contribution in [0, 0.1) is 0 Å². The van der Waals surface area contributed by atoms with Gasteiger partial charge in [-0.05, 0) is 32.4 Å². The average molecular weight is 387 g/mol. The highest BCUT2D eigenvalue weighted by Gasteiger charge is 1.97. The maximum absolute atomic E-state index is 10.3. The Labute approximate surface area is 169 Å². The van der Waals surface area contributed by atoms with Crippen LogP contribution in [0.3, 0.4) is 0 Å². The van der Waals surface area contributed by atoms with Crippen LogP contribution >= 0.6 is 0 Å². The number of hydrogen-bond donors (Lipinski definition) is 3. The van der Waals surface area contributed by atoms with E-state index in [2.05, 4.69) is 6.92 Å². The molecule has 0 aromatic heterocycles. The van der Waals surface area contributed by atoms with Gasteiger partial charge in [0.15, 0.2) is 0 Å². The van der Waals surface area contributed by atoms with Gasteiger partial charge in [0.25, 0.3) is 0 Å². The number of carboxylic acids is 1. The first kappa shape index (κ1) is 28.6. The summed E-state index contributed by atoms with van der Waals surface area (Å²) in [6.45, 7) is 3.88. The van der Waals surface area contributed by atoms with Gasteiger partial charge in [0.05, 0.1) is 0 Å². The van der Waals surface area contributed by atoms with Gasteiger partial charge in [0, 0.05) is 6.42 Å². The fourth-order valence-electron chi connectivity index (χ4n) is 3.11. The van der Waals surface area contributed by atoms with Crippen LogP contribution in [0.2, 0.25) is 0 Å². The van der Waals surface area contributed by atoms with Gasteiger partial charge in [0.1, 0.15) is 0 Å². The Morgan fingerprint density at radius 1 is 0.556 bits per heavy atom. The summed E-state index contributed by atoms with van der Waals surface area (Å²) in [5, 5.41) is 8.52. The van der Waals surface area contributed by atoms with Crippen LogP contribution in [0.4, 0.5) is 0 Å². The summed E-state index contributed by atoms with van der Waals surface area (Å²) in [4.78, 5) is 10.3. The van der Waals surface area contributed by atoms with Crippen molar-refractivity contribution in [1.82, 2.24) is 0 Å². The molecule has 0 aromatic rings. The van der Waals surface area contributed by atoms with Gasteiger partial charge in [-0.2, -0.15) is 0 Å². The molecule has 164 valence electrons. The molecule has 0 unspecified atom stereocenters. The molecule has 0 aliphatic rings. The van der Waals surface area contributed by atoms with Crippen molar-refractivity contribution < 1.29 is 9.90 Å². The van der Waals surface area contributed by atoms with E-state index in [0.29, 0.717) is 6.42 Å². The molecule has 0 aliphatic heterocycles. The van der Waals surface area contributed by atoms with Crippen LogP contribution < -0.4 is 11.5 Å². The highest BCUT2D eigenvalue weighted by atomic mass is 16.4. The summed E-state index contributed by atoms with van der Waals surface area (Å²) < 4.78 is 0. The predicted molar refractivity (Wildman–Crippen MR) is 119 cm³/mol. The van der Waals surface area contributed by atoms with E-state index in [4.69, 9.17) is 16.6 Å². The summed E-state index contributed by atoms with van der Waals surface area (Å²) in [6.07, 6.45) is 23.6. The summed E-state index contributed by atoms with van der Waals surface area (Å²) in [5.41, 5.74) is 10.5. The molecular formula is C23H50N2O2. The predicted octanol–water partition coefficient (Wildman–Crippen LogP) is 6.41. The Morgan fingerprint density at radius 3 is 1.15 bits per heavy atom. The first-order valence-electron chi connectivity index (χ1n) is 11.8. The number of unbranched alkanes of at least 4 members (excludes halogenated alkanes) is 16. The first-order chi connectivity index (χ1) is 13.2. The maximum atomic E-state index is 10.3. The van der Waals surface area contributed by atoms with Crippen molar-refractivity contribution in [3.63, 3.8) is 0 Å². The van der Waals surface area contributed by atoms with E-state index in [1.807, 2.05) is 0 Å². The van der Waals surface area contributed by atoms with E-state index in [1.165, 1.54) is 89.9 Å². The van der Waals surface area contributed by atoms with Crippen molar-refractivity contribution in [2.24, 2.45) is 11.5 Å². The SMILES string of the molecule is CCCCCCCCCCCCCCCCCC(=O)O.NCCCCCN. The average Bonchev–Trinajstić information content (AvgIpc) is 2.65. The molecule has 27 heavy (non-hydrogen) atoms. The molecule has 0 heterocycles. The van der Waals surface area contributed by atoms with E-state index in [0.717, 1.165) is 38.8 Å². The Hall–Kier alpha value is -0.610. The number of carbonyl (C=O) groups is 1. The van der Waals surface area contributed by atoms with Crippen molar-refractivity contribution >= 4 is 5.97 Å². The molecule has 0 rings (SSSR count). The molecule has 4 nitrogen and oxygen atoms in total.